The molecule has 1 heterocycles. The van der Waals surface area contributed by atoms with E-state index in [0.29, 0.717) is 0 Å². The Kier molecular flexibility index (Phi) is 4.15. The Morgan fingerprint density at radius 3 is 2.53 bits per heavy atom. The average Bonchev–Trinajstić information content (AvgIpc) is 2.76. The van der Waals surface area contributed by atoms with Crippen LogP contribution in [0.4, 0.5) is 0 Å². The molecule has 3 heteroatoms. The fourth-order valence-corrected chi connectivity index (χ4v) is 2.65. The predicted octanol–water partition coefficient (Wildman–Crippen LogP) is 4.54. The number of nitrogens with two attached hydrogens (primary N) is 1. The van der Waals surface area contributed by atoms with Gasteiger partial charge in [-0.1, -0.05) is 34.1 Å². The quantitative estimate of drug-likeness (QED) is 0.885. The minimum Gasteiger partial charge on any atom is -0.325 e. The standard InChI is InChI=1S/C14H14BrNS/c1-10(16)2-7-13-8-9-14(17-13)11-3-5-12(15)6-4-11/h2-10H,16H2,1H3/b7-2+. The van der Waals surface area contributed by atoms with Crippen LogP contribution in [0.5, 0.6) is 0 Å². The third-order valence-corrected chi connectivity index (χ3v) is 3.95. The lowest BCUT2D eigenvalue weighted by Gasteiger charge is -1.96. The van der Waals surface area contributed by atoms with E-state index < -0.39 is 0 Å². The van der Waals surface area contributed by atoms with E-state index in [1.165, 1.54) is 15.3 Å². The summed E-state index contributed by atoms with van der Waals surface area (Å²) in [5, 5.41) is 0. The van der Waals surface area contributed by atoms with Crippen molar-refractivity contribution >= 4 is 33.3 Å². The van der Waals surface area contributed by atoms with Gasteiger partial charge in [0.15, 0.2) is 0 Å². The maximum absolute atomic E-state index is 5.69. The number of hydrogen-bond acceptors (Lipinski definition) is 2. The van der Waals surface area contributed by atoms with Gasteiger partial charge in [0.25, 0.3) is 0 Å². The van der Waals surface area contributed by atoms with Gasteiger partial charge in [-0.3, -0.25) is 0 Å². The van der Waals surface area contributed by atoms with Crippen molar-refractivity contribution in [3.8, 4) is 10.4 Å². The van der Waals surface area contributed by atoms with Crippen molar-refractivity contribution in [1.29, 1.82) is 0 Å². The molecule has 1 unspecified atom stereocenters. The van der Waals surface area contributed by atoms with E-state index >= 15 is 0 Å². The van der Waals surface area contributed by atoms with Gasteiger partial charge in [-0.25, -0.2) is 0 Å². The Labute approximate surface area is 114 Å². The lowest BCUT2D eigenvalue weighted by atomic mass is 10.2. The summed E-state index contributed by atoms with van der Waals surface area (Å²) in [6.45, 7) is 1.97. The first kappa shape index (κ1) is 12.6. The maximum atomic E-state index is 5.69. The van der Waals surface area contributed by atoms with Gasteiger partial charge in [0, 0.05) is 20.3 Å². The van der Waals surface area contributed by atoms with Crippen LogP contribution in [-0.4, -0.2) is 6.04 Å². The molecule has 0 saturated carbocycles. The molecule has 1 aromatic heterocycles. The largest absolute Gasteiger partial charge is 0.325 e. The lowest BCUT2D eigenvalue weighted by molar-refractivity contribution is 0.931. The van der Waals surface area contributed by atoms with Crippen molar-refractivity contribution in [3.63, 3.8) is 0 Å². The van der Waals surface area contributed by atoms with Gasteiger partial charge in [0.2, 0.25) is 0 Å². The molecule has 0 bridgehead atoms. The van der Waals surface area contributed by atoms with E-state index in [4.69, 9.17) is 5.73 Å². The monoisotopic (exact) mass is 307 g/mol. The van der Waals surface area contributed by atoms with Crippen molar-refractivity contribution in [3.05, 3.63) is 51.8 Å². The van der Waals surface area contributed by atoms with Crippen molar-refractivity contribution in [2.75, 3.05) is 0 Å². The zero-order chi connectivity index (χ0) is 12.3. The van der Waals surface area contributed by atoms with E-state index in [0.717, 1.165) is 4.47 Å². The van der Waals surface area contributed by atoms with Crippen molar-refractivity contribution in [2.45, 2.75) is 13.0 Å². The molecule has 0 aliphatic rings. The minimum atomic E-state index is 0.105. The summed E-state index contributed by atoms with van der Waals surface area (Å²) in [7, 11) is 0. The van der Waals surface area contributed by atoms with Gasteiger partial charge in [0.1, 0.15) is 0 Å². The molecule has 2 rings (SSSR count). The first-order valence-electron chi connectivity index (χ1n) is 5.45. The highest BCUT2D eigenvalue weighted by molar-refractivity contribution is 9.10. The van der Waals surface area contributed by atoms with Gasteiger partial charge >= 0.3 is 0 Å². The van der Waals surface area contributed by atoms with Crippen molar-refractivity contribution in [2.24, 2.45) is 5.73 Å². The molecular weight excluding hydrogens is 294 g/mol. The Bertz CT molecular complexity index is 511. The minimum absolute atomic E-state index is 0.105. The van der Waals surface area contributed by atoms with Crippen LogP contribution in [0.3, 0.4) is 0 Å². The van der Waals surface area contributed by atoms with Crippen molar-refractivity contribution in [1.82, 2.24) is 0 Å². The van der Waals surface area contributed by atoms with E-state index in [-0.39, 0.29) is 6.04 Å². The maximum Gasteiger partial charge on any atom is 0.0349 e. The van der Waals surface area contributed by atoms with Crippen LogP contribution in [0.25, 0.3) is 16.5 Å². The van der Waals surface area contributed by atoms with Gasteiger partial charge < -0.3 is 5.73 Å². The molecule has 2 N–H and O–H groups in total. The van der Waals surface area contributed by atoms with E-state index in [9.17, 15) is 0 Å². The SMILES string of the molecule is CC(N)/C=C/c1ccc(-c2ccc(Br)cc2)s1. The van der Waals surface area contributed by atoms with E-state index in [1.807, 2.05) is 13.0 Å². The van der Waals surface area contributed by atoms with Gasteiger partial charge in [-0.05, 0) is 42.8 Å². The summed E-state index contributed by atoms with van der Waals surface area (Å²) >= 11 is 5.22. The summed E-state index contributed by atoms with van der Waals surface area (Å²) in [4.78, 5) is 2.52. The summed E-state index contributed by atoms with van der Waals surface area (Å²) in [6.07, 6.45) is 4.09. The molecule has 88 valence electrons. The second kappa shape index (κ2) is 5.63. The molecule has 0 amide bonds. The van der Waals surface area contributed by atoms with Crippen LogP contribution in [0.2, 0.25) is 0 Å². The molecule has 17 heavy (non-hydrogen) atoms. The third-order valence-electron chi connectivity index (χ3n) is 2.32. The molecule has 1 aromatic carbocycles. The van der Waals surface area contributed by atoms with Gasteiger partial charge in [-0.2, -0.15) is 0 Å². The third kappa shape index (κ3) is 3.53. The molecule has 0 saturated heterocycles. The summed E-state index contributed by atoms with van der Waals surface area (Å²) in [6, 6.07) is 12.7. The van der Waals surface area contributed by atoms with Crippen LogP contribution in [0.15, 0.2) is 46.9 Å². The zero-order valence-electron chi connectivity index (χ0n) is 9.56. The molecule has 0 aliphatic carbocycles. The number of hydrogen-bond donors (Lipinski definition) is 1. The molecule has 1 nitrogen and oxygen atoms in total. The Morgan fingerprint density at radius 1 is 1.18 bits per heavy atom. The highest BCUT2D eigenvalue weighted by atomic mass is 79.9. The van der Waals surface area contributed by atoms with E-state index in [2.05, 4.69) is 58.4 Å². The molecule has 0 radical (unpaired) electrons. The Morgan fingerprint density at radius 2 is 1.88 bits per heavy atom. The van der Waals surface area contributed by atoms with Crippen LogP contribution >= 0.6 is 27.3 Å². The average molecular weight is 308 g/mol. The molecular formula is C14H14BrNS. The highest BCUT2D eigenvalue weighted by Crippen LogP contribution is 2.29. The summed E-state index contributed by atoms with van der Waals surface area (Å²) < 4.78 is 1.11. The zero-order valence-corrected chi connectivity index (χ0v) is 12.0. The molecule has 0 aliphatic heterocycles. The van der Waals surface area contributed by atoms with Gasteiger partial charge in [0.05, 0.1) is 0 Å². The molecule has 2 aromatic rings. The molecule has 1 atom stereocenters. The van der Waals surface area contributed by atoms with Crippen LogP contribution < -0.4 is 5.73 Å². The Hall–Kier alpha value is -0.900. The second-order valence-corrected chi connectivity index (χ2v) is 5.96. The number of halogens is 1. The smallest absolute Gasteiger partial charge is 0.0349 e. The molecule has 0 fully saturated rings. The fourth-order valence-electron chi connectivity index (χ4n) is 1.46. The number of rotatable bonds is 3. The normalized spacial score (nSPS) is 13.1. The van der Waals surface area contributed by atoms with Gasteiger partial charge in [-0.15, -0.1) is 11.3 Å². The second-order valence-electron chi connectivity index (χ2n) is 3.93. The van der Waals surface area contributed by atoms with Crippen LogP contribution in [0, 0.1) is 0 Å². The van der Waals surface area contributed by atoms with Crippen LogP contribution in [-0.2, 0) is 0 Å². The van der Waals surface area contributed by atoms with Crippen LogP contribution in [0.1, 0.15) is 11.8 Å². The topological polar surface area (TPSA) is 26.0 Å². The number of benzene rings is 1. The predicted molar refractivity (Wildman–Crippen MR) is 80.1 cm³/mol. The lowest BCUT2D eigenvalue weighted by Crippen LogP contribution is -2.09. The first-order chi connectivity index (χ1) is 8.15. The highest BCUT2D eigenvalue weighted by Gasteiger charge is 2.01. The summed E-state index contributed by atoms with van der Waals surface area (Å²) in [5.74, 6) is 0. The fraction of sp³-hybridized carbons (Fsp3) is 0.143. The van der Waals surface area contributed by atoms with Crippen molar-refractivity contribution < 1.29 is 0 Å². The Balaban J connectivity index is 2.21. The summed E-state index contributed by atoms with van der Waals surface area (Å²) in [5.41, 5.74) is 6.94. The number of thiophene rings is 1. The van der Waals surface area contributed by atoms with E-state index in [1.54, 1.807) is 11.3 Å². The first-order valence-corrected chi connectivity index (χ1v) is 7.05. The molecule has 0 spiro atoms.